The van der Waals surface area contributed by atoms with Crippen LogP contribution in [0.3, 0.4) is 0 Å². The van der Waals surface area contributed by atoms with Gasteiger partial charge < -0.3 is 5.32 Å². The third-order valence-corrected chi connectivity index (χ3v) is 3.45. The molecule has 0 unspecified atom stereocenters. The van der Waals surface area contributed by atoms with Crippen LogP contribution in [0.2, 0.25) is 5.02 Å². The van der Waals surface area contributed by atoms with E-state index in [2.05, 4.69) is 26.2 Å². The number of ketones is 1. The third kappa shape index (κ3) is 3.92. The smallest absolute Gasteiger partial charge is 0.189 e. The Kier molecular flexibility index (Phi) is 4.93. The van der Waals surface area contributed by atoms with E-state index in [1.807, 2.05) is 13.0 Å². The summed E-state index contributed by atoms with van der Waals surface area (Å²) in [5.74, 6) is -0.0896. The van der Waals surface area contributed by atoms with E-state index in [9.17, 15) is 4.79 Å². The second-order valence-electron chi connectivity index (χ2n) is 4.18. The lowest BCUT2D eigenvalue weighted by molar-refractivity contribution is 0.104. The first-order valence-electron chi connectivity index (χ1n) is 5.91. The quantitative estimate of drug-likeness (QED) is 0.641. The van der Waals surface area contributed by atoms with Crippen LogP contribution in [0, 0.1) is 0 Å². The molecular weight excluding hydrogens is 340 g/mol. The number of benzene rings is 1. The number of halogens is 2. The van der Waals surface area contributed by atoms with Crippen molar-refractivity contribution in [2.75, 3.05) is 5.32 Å². The molecule has 0 atom stereocenters. The molecule has 3 nitrogen and oxygen atoms in total. The predicted octanol–water partition coefficient (Wildman–Crippen LogP) is 4.70. The number of nitrogens with zero attached hydrogens (tertiary/aromatic N) is 1. The van der Waals surface area contributed by atoms with Crippen LogP contribution in [0.4, 0.5) is 5.69 Å². The molecule has 0 saturated heterocycles. The molecule has 0 saturated carbocycles. The van der Waals surface area contributed by atoms with E-state index in [0.717, 1.165) is 15.9 Å². The number of allylic oxidation sites excluding steroid dienone is 2. The number of pyridine rings is 1. The molecule has 0 bridgehead atoms. The van der Waals surface area contributed by atoms with Crippen molar-refractivity contribution in [1.29, 1.82) is 0 Å². The van der Waals surface area contributed by atoms with E-state index in [1.165, 1.54) is 6.08 Å². The van der Waals surface area contributed by atoms with Gasteiger partial charge in [0.1, 0.15) is 0 Å². The van der Waals surface area contributed by atoms with Crippen LogP contribution in [-0.2, 0) is 0 Å². The molecule has 0 aliphatic carbocycles. The molecule has 20 heavy (non-hydrogen) atoms. The monoisotopic (exact) mass is 350 g/mol. The summed E-state index contributed by atoms with van der Waals surface area (Å²) < 4.78 is 0.839. The Bertz CT molecular complexity index is 656. The lowest BCUT2D eigenvalue weighted by atomic mass is 10.1. The Labute approximate surface area is 130 Å². The SMILES string of the molecule is CC(=CC(=O)c1cccnc1)Nc1ccc(Cl)cc1Br. The Hall–Kier alpha value is -1.65. The van der Waals surface area contributed by atoms with Gasteiger partial charge in [-0.2, -0.15) is 0 Å². The van der Waals surface area contributed by atoms with Crippen LogP contribution in [0.25, 0.3) is 0 Å². The zero-order chi connectivity index (χ0) is 14.5. The second kappa shape index (κ2) is 6.68. The molecule has 102 valence electrons. The van der Waals surface area contributed by atoms with Gasteiger partial charge in [-0.1, -0.05) is 11.6 Å². The average molecular weight is 352 g/mol. The number of aromatic nitrogens is 1. The topological polar surface area (TPSA) is 42.0 Å². The number of carbonyl (C=O) groups excluding carboxylic acids is 1. The van der Waals surface area contributed by atoms with E-state index in [1.54, 1.807) is 36.7 Å². The highest BCUT2D eigenvalue weighted by Gasteiger charge is 2.04. The van der Waals surface area contributed by atoms with Crippen molar-refractivity contribution in [2.45, 2.75) is 6.92 Å². The molecule has 0 aliphatic heterocycles. The summed E-state index contributed by atoms with van der Waals surface area (Å²) in [7, 11) is 0. The lowest BCUT2D eigenvalue weighted by Crippen LogP contribution is -2.02. The molecule has 0 radical (unpaired) electrons. The third-order valence-electron chi connectivity index (χ3n) is 2.56. The molecule has 1 aromatic heterocycles. The highest BCUT2D eigenvalue weighted by atomic mass is 79.9. The Morgan fingerprint density at radius 2 is 2.20 bits per heavy atom. The fourth-order valence-electron chi connectivity index (χ4n) is 1.63. The van der Waals surface area contributed by atoms with Gasteiger partial charge in [0.05, 0.1) is 5.69 Å². The first kappa shape index (κ1) is 14.8. The summed E-state index contributed by atoms with van der Waals surface area (Å²) in [4.78, 5) is 15.9. The number of hydrogen-bond acceptors (Lipinski definition) is 3. The number of hydrogen-bond donors (Lipinski definition) is 1. The summed E-state index contributed by atoms with van der Waals surface area (Å²) in [6.45, 7) is 1.83. The van der Waals surface area contributed by atoms with Gasteiger partial charge in [0.2, 0.25) is 0 Å². The molecular formula is C15H12BrClN2O. The van der Waals surface area contributed by atoms with Crippen LogP contribution >= 0.6 is 27.5 Å². The maximum absolute atomic E-state index is 12.0. The summed E-state index contributed by atoms with van der Waals surface area (Å²) >= 11 is 9.30. The zero-order valence-corrected chi connectivity index (χ0v) is 13.1. The lowest BCUT2D eigenvalue weighted by Gasteiger charge is -2.09. The van der Waals surface area contributed by atoms with Gasteiger partial charge in [0, 0.05) is 39.2 Å². The summed E-state index contributed by atoms with van der Waals surface area (Å²) in [6, 6.07) is 8.89. The maximum atomic E-state index is 12.0. The Balaban J connectivity index is 2.13. The number of carbonyl (C=O) groups is 1. The van der Waals surface area contributed by atoms with Gasteiger partial charge in [-0.05, 0) is 53.2 Å². The van der Waals surface area contributed by atoms with E-state index >= 15 is 0 Å². The molecule has 5 heteroatoms. The van der Waals surface area contributed by atoms with E-state index in [4.69, 9.17) is 11.6 Å². The molecule has 0 spiro atoms. The minimum atomic E-state index is -0.0896. The van der Waals surface area contributed by atoms with E-state index < -0.39 is 0 Å². The van der Waals surface area contributed by atoms with Gasteiger partial charge in [0.15, 0.2) is 5.78 Å². The Morgan fingerprint density at radius 3 is 2.85 bits per heavy atom. The molecule has 1 heterocycles. The van der Waals surface area contributed by atoms with Crippen molar-refractivity contribution in [1.82, 2.24) is 4.98 Å². The molecule has 1 aromatic carbocycles. The van der Waals surface area contributed by atoms with Gasteiger partial charge in [-0.3, -0.25) is 9.78 Å². The van der Waals surface area contributed by atoms with Crippen molar-refractivity contribution in [2.24, 2.45) is 0 Å². The highest BCUT2D eigenvalue weighted by molar-refractivity contribution is 9.10. The first-order chi connectivity index (χ1) is 9.56. The summed E-state index contributed by atoms with van der Waals surface area (Å²) in [6.07, 6.45) is 4.72. The summed E-state index contributed by atoms with van der Waals surface area (Å²) in [5, 5.41) is 3.80. The van der Waals surface area contributed by atoms with Crippen molar-refractivity contribution in [3.05, 3.63) is 69.6 Å². The highest BCUT2D eigenvalue weighted by Crippen LogP contribution is 2.26. The van der Waals surface area contributed by atoms with Crippen molar-refractivity contribution in [3.8, 4) is 0 Å². The average Bonchev–Trinajstić information content (AvgIpc) is 2.43. The molecule has 1 N–H and O–H groups in total. The van der Waals surface area contributed by atoms with Gasteiger partial charge >= 0.3 is 0 Å². The fourth-order valence-corrected chi connectivity index (χ4v) is 2.41. The number of anilines is 1. The normalized spacial score (nSPS) is 11.2. The van der Waals surface area contributed by atoms with Gasteiger partial charge in [-0.15, -0.1) is 0 Å². The second-order valence-corrected chi connectivity index (χ2v) is 5.47. The van der Waals surface area contributed by atoms with Crippen LogP contribution in [0.5, 0.6) is 0 Å². The van der Waals surface area contributed by atoms with Gasteiger partial charge in [-0.25, -0.2) is 0 Å². The minimum Gasteiger partial charge on any atom is -0.358 e. The molecule has 0 aliphatic rings. The fraction of sp³-hybridized carbons (Fsp3) is 0.0667. The largest absolute Gasteiger partial charge is 0.358 e. The molecule has 2 aromatic rings. The standard InChI is InChI=1S/C15H12BrClN2O/c1-10(7-15(20)11-3-2-6-18-9-11)19-14-5-4-12(17)8-13(14)16/h2-9,19H,1H3. The Morgan fingerprint density at radius 1 is 1.40 bits per heavy atom. The number of rotatable bonds is 4. The van der Waals surface area contributed by atoms with Crippen molar-refractivity contribution in [3.63, 3.8) is 0 Å². The van der Waals surface area contributed by atoms with Gasteiger partial charge in [0.25, 0.3) is 0 Å². The predicted molar refractivity (Wildman–Crippen MR) is 85.1 cm³/mol. The van der Waals surface area contributed by atoms with Crippen LogP contribution in [0.1, 0.15) is 17.3 Å². The first-order valence-corrected chi connectivity index (χ1v) is 7.08. The molecule has 0 fully saturated rings. The maximum Gasteiger partial charge on any atom is 0.189 e. The van der Waals surface area contributed by atoms with Crippen LogP contribution in [0.15, 0.2) is 59.0 Å². The van der Waals surface area contributed by atoms with E-state index in [0.29, 0.717) is 10.6 Å². The number of nitrogens with one attached hydrogen (secondary N) is 1. The van der Waals surface area contributed by atoms with Crippen molar-refractivity contribution < 1.29 is 4.79 Å². The van der Waals surface area contributed by atoms with Crippen LogP contribution < -0.4 is 5.32 Å². The van der Waals surface area contributed by atoms with Crippen molar-refractivity contribution >= 4 is 39.0 Å². The van der Waals surface area contributed by atoms with Crippen LogP contribution in [-0.4, -0.2) is 10.8 Å². The zero-order valence-electron chi connectivity index (χ0n) is 10.7. The minimum absolute atomic E-state index is 0.0896. The summed E-state index contributed by atoms with van der Waals surface area (Å²) in [5.41, 5.74) is 2.15. The molecule has 2 rings (SSSR count). The van der Waals surface area contributed by atoms with E-state index in [-0.39, 0.29) is 5.78 Å². The molecule has 0 amide bonds.